The highest BCUT2D eigenvalue weighted by Gasteiger charge is 2.44. The average Bonchev–Trinajstić information content (AvgIpc) is 2.52. The molecular weight excluding hydrogens is 258 g/mol. The fraction of sp³-hybridized carbons (Fsp3) is 0.571. The maximum absolute atomic E-state index is 11.3. The lowest BCUT2D eigenvalue weighted by atomic mass is 9.81. The van der Waals surface area contributed by atoms with E-state index >= 15 is 0 Å². The maximum atomic E-state index is 11.3. The summed E-state index contributed by atoms with van der Waals surface area (Å²) in [5.74, 6) is -0.129. The van der Waals surface area contributed by atoms with E-state index in [-0.39, 0.29) is 17.0 Å². The highest BCUT2D eigenvalue weighted by Crippen LogP contribution is 2.41. The maximum Gasteiger partial charge on any atom is 0.221 e. The van der Waals surface area contributed by atoms with Crippen LogP contribution >= 0.6 is 11.3 Å². The van der Waals surface area contributed by atoms with Gasteiger partial charge >= 0.3 is 0 Å². The zero-order chi connectivity index (χ0) is 14.4. The van der Waals surface area contributed by atoms with Gasteiger partial charge in [0.25, 0.3) is 0 Å². The molecular formula is C14H20N3OS+. The number of hydrogen-bond acceptors (Lipinski definition) is 3. The summed E-state index contributed by atoms with van der Waals surface area (Å²) in [5.41, 5.74) is 1.75. The van der Waals surface area contributed by atoms with Crippen molar-refractivity contribution in [3.63, 3.8) is 0 Å². The Bertz CT molecular complexity index is 578. The predicted molar refractivity (Wildman–Crippen MR) is 76.1 cm³/mol. The highest BCUT2D eigenvalue weighted by molar-refractivity contribution is 7.16. The second-order valence-corrected chi connectivity index (χ2v) is 7.46. The summed E-state index contributed by atoms with van der Waals surface area (Å²) in [4.78, 5) is 12.5. The summed E-state index contributed by atoms with van der Waals surface area (Å²) in [6.07, 6.45) is 0.852. The molecule has 0 radical (unpaired) electrons. The van der Waals surface area contributed by atoms with Gasteiger partial charge in [0.15, 0.2) is 0 Å². The lowest BCUT2D eigenvalue weighted by molar-refractivity contribution is -0.789. The number of nitriles is 1. The minimum Gasteiger partial charge on any atom is -0.333 e. The molecule has 5 heteroatoms. The Balaban J connectivity index is 2.60. The number of nitrogens with one attached hydrogen (secondary N) is 1. The number of rotatable bonds is 1. The molecule has 0 bridgehead atoms. The quantitative estimate of drug-likeness (QED) is 0.821. The van der Waals surface area contributed by atoms with Crippen LogP contribution in [0.3, 0.4) is 0 Å². The fourth-order valence-electron chi connectivity index (χ4n) is 3.07. The van der Waals surface area contributed by atoms with Crippen LogP contribution in [0.15, 0.2) is 0 Å². The molecule has 2 rings (SSSR count). The van der Waals surface area contributed by atoms with E-state index in [1.807, 2.05) is 0 Å². The highest BCUT2D eigenvalue weighted by atomic mass is 32.1. The number of amides is 1. The Morgan fingerprint density at radius 1 is 1.42 bits per heavy atom. The van der Waals surface area contributed by atoms with Crippen LogP contribution in [0.25, 0.3) is 0 Å². The summed E-state index contributed by atoms with van der Waals surface area (Å²) in [7, 11) is 0. The van der Waals surface area contributed by atoms with Crippen molar-refractivity contribution >= 4 is 22.2 Å². The zero-order valence-electron chi connectivity index (χ0n) is 12.0. The second kappa shape index (κ2) is 4.32. The van der Waals surface area contributed by atoms with Crippen molar-refractivity contribution in [2.75, 3.05) is 5.32 Å². The van der Waals surface area contributed by atoms with Gasteiger partial charge < -0.3 is 10.6 Å². The number of nitrogens with zero attached hydrogens (tertiary/aromatic N) is 1. The summed E-state index contributed by atoms with van der Waals surface area (Å²) >= 11 is 1.54. The molecule has 2 heterocycles. The van der Waals surface area contributed by atoms with Gasteiger partial charge in [-0.3, -0.25) is 4.79 Å². The Hall–Kier alpha value is -1.38. The summed E-state index contributed by atoms with van der Waals surface area (Å²) in [5, 5.41) is 15.2. The standard InChI is InChI=1S/C14H19N3OS/c1-8(18)16-12-10(7-15)9-6-13(2,3)17-14(4,5)11(9)19-12/h17H,6H2,1-5H3,(H,16,18)/p+1. The van der Waals surface area contributed by atoms with E-state index in [1.165, 1.54) is 23.1 Å². The topological polar surface area (TPSA) is 69.5 Å². The number of nitrogens with two attached hydrogens (primary N) is 1. The number of carbonyl (C=O) groups excluding carboxylic acids is 1. The first-order valence-corrected chi connectivity index (χ1v) is 7.19. The third-order valence-electron chi connectivity index (χ3n) is 3.38. The molecule has 1 aromatic heterocycles. The van der Waals surface area contributed by atoms with Crippen molar-refractivity contribution < 1.29 is 10.1 Å². The van der Waals surface area contributed by atoms with Gasteiger partial charge in [-0.2, -0.15) is 5.26 Å². The summed E-state index contributed by atoms with van der Waals surface area (Å²) < 4.78 is 0. The van der Waals surface area contributed by atoms with E-state index in [2.05, 4.69) is 44.4 Å². The molecule has 3 N–H and O–H groups in total. The number of fused-ring (bicyclic) bond motifs is 1. The lowest BCUT2D eigenvalue weighted by Gasteiger charge is -2.38. The minimum absolute atomic E-state index is 0.0654. The van der Waals surface area contributed by atoms with Crippen molar-refractivity contribution in [3.8, 4) is 6.07 Å². The third kappa shape index (κ3) is 2.51. The predicted octanol–water partition coefficient (Wildman–Crippen LogP) is 1.71. The van der Waals surface area contributed by atoms with Crippen LogP contribution in [-0.2, 0) is 16.8 Å². The minimum atomic E-state index is -0.129. The van der Waals surface area contributed by atoms with E-state index in [9.17, 15) is 10.1 Å². The van der Waals surface area contributed by atoms with Gasteiger partial charge in [-0.15, -0.1) is 11.3 Å². The van der Waals surface area contributed by atoms with Crippen molar-refractivity contribution in [2.24, 2.45) is 0 Å². The zero-order valence-corrected chi connectivity index (χ0v) is 12.9. The number of quaternary nitrogens is 1. The van der Waals surface area contributed by atoms with Crippen LogP contribution in [0, 0.1) is 11.3 Å². The van der Waals surface area contributed by atoms with Crippen molar-refractivity contribution in [3.05, 3.63) is 16.0 Å². The van der Waals surface area contributed by atoms with Crippen LogP contribution in [0.2, 0.25) is 0 Å². The Labute approximate surface area is 117 Å². The van der Waals surface area contributed by atoms with Gasteiger partial charge in [-0.05, 0) is 33.3 Å². The molecule has 1 aliphatic rings. The van der Waals surface area contributed by atoms with Gasteiger partial charge in [-0.25, -0.2) is 0 Å². The van der Waals surface area contributed by atoms with E-state index in [0.717, 1.165) is 12.0 Å². The monoisotopic (exact) mass is 278 g/mol. The molecule has 1 amide bonds. The van der Waals surface area contributed by atoms with Crippen LogP contribution in [-0.4, -0.2) is 11.4 Å². The Morgan fingerprint density at radius 3 is 2.58 bits per heavy atom. The summed E-state index contributed by atoms with van der Waals surface area (Å²) in [6, 6.07) is 2.27. The molecule has 1 aliphatic heterocycles. The van der Waals surface area contributed by atoms with Gasteiger partial charge in [0.05, 0.1) is 16.0 Å². The third-order valence-corrected chi connectivity index (χ3v) is 4.86. The Morgan fingerprint density at radius 2 is 2.05 bits per heavy atom. The van der Waals surface area contributed by atoms with E-state index in [1.54, 1.807) is 0 Å². The molecule has 0 saturated heterocycles. The second-order valence-electron chi connectivity index (χ2n) is 6.44. The largest absolute Gasteiger partial charge is 0.333 e. The number of thiophene rings is 1. The molecule has 0 aliphatic carbocycles. The van der Waals surface area contributed by atoms with Gasteiger partial charge in [-0.1, -0.05) is 0 Å². The van der Waals surface area contributed by atoms with Crippen LogP contribution < -0.4 is 10.6 Å². The van der Waals surface area contributed by atoms with Crippen LogP contribution in [0.1, 0.15) is 50.6 Å². The smallest absolute Gasteiger partial charge is 0.221 e. The van der Waals surface area contributed by atoms with Crippen molar-refractivity contribution in [1.82, 2.24) is 0 Å². The molecule has 1 aromatic rings. The van der Waals surface area contributed by atoms with Crippen LogP contribution in [0.5, 0.6) is 0 Å². The molecule has 19 heavy (non-hydrogen) atoms. The number of anilines is 1. The number of carbonyl (C=O) groups is 1. The molecule has 102 valence electrons. The Kier molecular flexibility index (Phi) is 3.20. The van der Waals surface area contributed by atoms with E-state index in [4.69, 9.17) is 0 Å². The molecule has 0 aromatic carbocycles. The SMILES string of the molecule is CC(=O)Nc1sc2c(c1C#N)CC(C)(C)[NH2+]C2(C)C. The summed E-state index contributed by atoms with van der Waals surface area (Å²) in [6.45, 7) is 10.2. The van der Waals surface area contributed by atoms with Gasteiger partial charge in [0.2, 0.25) is 5.91 Å². The molecule has 0 saturated carbocycles. The van der Waals surface area contributed by atoms with Gasteiger partial charge in [0, 0.05) is 13.3 Å². The first-order chi connectivity index (χ1) is 8.66. The van der Waals surface area contributed by atoms with E-state index < -0.39 is 0 Å². The molecule has 0 spiro atoms. The van der Waals surface area contributed by atoms with E-state index in [0.29, 0.717) is 10.6 Å². The lowest BCUT2D eigenvalue weighted by Crippen LogP contribution is -3.03. The van der Waals surface area contributed by atoms with Crippen molar-refractivity contribution in [2.45, 2.75) is 52.1 Å². The van der Waals surface area contributed by atoms with Crippen LogP contribution in [0.4, 0.5) is 5.00 Å². The molecule has 0 fully saturated rings. The average molecular weight is 278 g/mol. The normalized spacial score (nSPS) is 19.4. The number of hydrogen-bond donors (Lipinski definition) is 2. The molecule has 4 nitrogen and oxygen atoms in total. The molecule has 0 unspecified atom stereocenters. The first-order valence-electron chi connectivity index (χ1n) is 6.37. The van der Waals surface area contributed by atoms with Crippen molar-refractivity contribution in [1.29, 1.82) is 5.26 Å². The fourth-order valence-corrected chi connectivity index (χ4v) is 4.36. The molecule has 0 atom stereocenters. The first kappa shape index (κ1) is 14.0. The van der Waals surface area contributed by atoms with Gasteiger partial charge in [0.1, 0.15) is 16.6 Å².